The van der Waals surface area contributed by atoms with Crippen LogP contribution >= 0.6 is 11.6 Å². The molecule has 1 amide bonds. The molecule has 40 heavy (non-hydrogen) atoms. The maximum atomic E-state index is 12.8. The lowest BCUT2D eigenvalue weighted by Gasteiger charge is -2.16. The number of esters is 1. The van der Waals surface area contributed by atoms with Crippen LogP contribution < -0.4 is 14.8 Å². The highest BCUT2D eigenvalue weighted by atomic mass is 35.5. The molecule has 0 aromatic heterocycles. The number of fused-ring (bicyclic) bond motifs is 1. The number of carbonyl (C=O) groups excluding carboxylic acids is 2. The second-order valence-corrected chi connectivity index (χ2v) is 9.23. The van der Waals surface area contributed by atoms with Gasteiger partial charge in [-0.1, -0.05) is 48.0 Å². The number of halogens is 1. The number of aryl methyl sites for hydroxylation is 1. The van der Waals surface area contributed by atoms with Crippen molar-refractivity contribution in [3.05, 3.63) is 106 Å². The summed E-state index contributed by atoms with van der Waals surface area (Å²) < 4.78 is 16.7. The Labute approximate surface area is 237 Å². The summed E-state index contributed by atoms with van der Waals surface area (Å²) in [5, 5.41) is 14.8. The Morgan fingerprint density at radius 1 is 1.02 bits per heavy atom. The summed E-state index contributed by atoms with van der Waals surface area (Å²) in [7, 11) is 1.29. The van der Waals surface area contributed by atoms with E-state index in [0.717, 1.165) is 21.9 Å². The molecule has 0 bridgehead atoms. The molecule has 1 N–H and O–H groups in total. The van der Waals surface area contributed by atoms with E-state index in [0.29, 0.717) is 34.9 Å². The minimum absolute atomic E-state index is 0.143. The predicted octanol–water partition coefficient (Wildman–Crippen LogP) is 7.11. The summed E-state index contributed by atoms with van der Waals surface area (Å²) in [6.45, 7) is 4.52. The van der Waals surface area contributed by atoms with E-state index < -0.39 is 11.9 Å². The van der Waals surface area contributed by atoms with Gasteiger partial charge in [-0.2, -0.15) is 5.26 Å². The highest BCUT2D eigenvalue weighted by Gasteiger charge is 2.16. The van der Waals surface area contributed by atoms with Crippen LogP contribution in [0.4, 0.5) is 5.69 Å². The molecule has 0 unspecified atom stereocenters. The van der Waals surface area contributed by atoms with Crippen molar-refractivity contribution in [2.24, 2.45) is 0 Å². The van der Waals surface area contributed by atoms with Gasteiger partial charge >= 0.3 is 5.97 Å². The van der Waals surface area contributed by atoms with Crippen LogP contribution in [0.2, 0.25) is 5.02 Å². The van der Waals surface area contributed by atoms with Crippen molar-refractivity contribution in [2.75, 3.05) is 19.0 Å². The Morgan fingerprint density at radius 2 is 1.77 bits per heavy atom. The third-order valence-corrected chi connectivity index (χ3v) is 6.49. The normalized spacial score (nSPS) is 11.0. The number of nitrogens with zero attached hydrogens (tertiary/aromatic N) is 1. The molecule has 0 saturated heterocycles. The molecule has 8 heteroatoms. The highest BCUT2D eigenvalue weighted by molar-refractivity contribution is 6.32. The lowest BCUT2D eigenvalue weighted by molar-refractivity contribution is -0.112. The summed E-state index contributed by atoms with van der Waals surface area (Å²) in [6, 6.07) is 23.6. The number of anilines is 1. The molecule has 4 rings (SSSR count). The maximum Gasteiger partial charge on any atom is 0.337 e. The Bertz CT molecular complexity index is 1640. The highest BCUT2D eigenvalue weighted by Crippen LogP contribution is 2.38. The minimum Gasteiger partial charge on any atom is -0.490 e. The lowest BCUT2D eigenvalue weighted by atomic mass is 10.0. The van der Waals surface area contributed by atoms with Crippen LogP contribution in [0.15, 0.2) is 78.4 Å². The van der Waals surface area contributed by atoms with Gasteiger partial charge in [0.1, 0.15) is 18.2 Å². The van der Waals surface area contributed by atoms with Gasteiger partial charge in [-0.05, 0) is 78.2 Å². The molecule has 0 aliphatic carbocycles. The third kappa shape index (κ3) is 6.42. The number of carbonyl (C=O) groups is 2. The number of methoxy groups -OCH3 is 1. The Balaban J connectivity index is 1.57. The molecule has 7 nitrogen and oxygen atoms in total. The standard InChI is InChI=1S/C32H27ClN2O5/c1-4-39-29-17-21(15-24(18-34)31(36)35-25-13-11-23(12-14-25)32(37)38-3)16-28(33)30(29)40-19-27-20(2)9-10-22-7-5-6-8-26(22)27/h5-17H,4,19H2,1-3H3,(H,35,36)/b24-15+. The first-order valence-corrected chi connectivity index (χ1v) is 12.9. The quantitative estimate of drug-likeness (QED) is 0.134. The molecule has 0 atom stereocenters. The fourth-order valence-electron chi connectivity index (χ4n) is 4.18. The van der Waals surface area contributed by atoms with Gasteiger partial charge in [-0.3, -0.25) is 4.79 Å². The van der Waals surface area contributed by atoms with Gasteiger partial charge in [-0.15, -0.1) is 0 Å². The second-order valence-electron chi connectivity index (χ2n) is 8.83. The predicted molar refractivity (Wildman–Crippen MR) is 156 cm³/mol. The fourth-order valence-corrected chi connectivity index (χ4v) is 4.45. The number of hydrogen-bond acceptors (Lipinski definition) is 6. The molecular formula is C32H27ClN2O5. The van der Waals surface area contributed by atoms with Gasteiger partial charge in [0.25, 0.3) is 5.91 Å². The van der Waals surface area contributed by atoms with E-state index in [4.69, 9.17) is 21.1 Å². The molecule has 0 radical (unpaired) electrons. The van der Waals surface area contributed by atoms with Crippen molar-refractivity contribution in [1.29, 1.82) is 5.26 Å². The number of ether oxygens (including phenoxy) is 3. The molecule has 4 aromatic carbocycles. The van der Waals surface area contributed by atoms with Gasteiger partial charge in [0.2, 0.25) is 0 Å². The number of nitriles is 1. The SMILES string of the molecule is CCOc1cc(/C=C(\C#N)C(=O)Nc2ccc(C(=O)OC)cc2)cc(Cl)c1OCc1c(C)ccc2ccccc12. The Kier molecular flexibility index (Phi) is 9.05. The number of benzene rings is 4. The zero-order valence-corrected chi connectivity index (χ0v) is 23.0. The van der Waals surface area contributed by atoms with Gasteiger partial charge in [0.05, 0.1) is 24.3 Å². The van der Waals surface area contributed by atoms with Gasteiger partial charge in [0.15, 0.2) is 11.5 Å². The molecule has 0 aliphatic heterocycles. The van der Waals surface area contributed by atoms with Gasteiger partial charge in [-0.25, -0.2) is 4.79 Å². The molecule has 0 aliphatic rings. The van der Waals surface area contributed by atoms with E-state index >= 15 is 0 Å². The summed E-state index contributed by atoms with van der Waals surface area (Å²) in [6.07, 6.45) is 1.42. The summed E-state index contributed by atoms with van der Waals surface area (Å²) >= 11 is 6.63. The van der Waals surface area contributed by atoms with Crippen molar-refractivity contribution in [3.63, 3.8) is 0 Å². The van der Waals surface area contributed by atoms with Crippen LogP contribution in [-0.4, -0.2) is 25.6 Å². The molecule has 0 saturated carbocycles. The maximum absolute atomic E-state index is 12.8. The zero-order valence-electron chi connectivity index (χ0n) is 22.3. The van der Waals surface area contributed by atoms with E-state index in [1.807, 2.05) is 32.0 Å². The summed E-state index contributed by atoms with van der Waals surface area (Å²) in [5.41, 5.74) is 3.25. The average molecular weight is 555 g/mol. The molecule has 0 heterocycles. The zero-order chi connectivity index (χ0) is 28.6. The first kappa shape index (κ1) is 28.2. The Hall–Kier alpha value is -4.80. The van der Waals surface area contributed by atoms with Crippen LogP contribution in [-0.2, 0) is 16.1 Å². The monoisotopic (exact) mass is 554 g/mol. The van der Waals surface area contributed by atoms with E-state index in [9.17, 15) is 14.9 Å². The van der Waals surface area contributed by atoms with Gasteiger partial charge < -0.3 is 19.5 Å². The molecular weight excluding hydrogens is 528 g/mol. The van der Waals surface area contributed by atoms with E-state index in [2.05, 4.69) is 34.3 Å². The van der Waals surface area contributed by atoms with Crippen molar-refractivity contribution in [3.8, 4) is 17.6 Å². The number of rotatable bonds is 9. The van der Waals surface area contributed by atoms with Crippen molar-refractivity contribution >= 4 is 46.0 Å². The summed E-state index contributed by atoms with van der Waals surface area (Å²) in [5.74, 6) is -0.330. The van der Waals surface area contributed by atoms with Gasteiger partial charge in [0, 0.05) is 11.3 Å². The van der Waals surface area contributed by atoms with Crippen molar-refractivity contribution < 1.29 is 23.8 Å². The van der Waals surface area contributed by atoms with Crippen LogP contribution in [0, 0.1) is 18.3 Å². The third-order valence-electron chi connectivity index (χ3n) is 6.21. The number of amides is 1. The van der Waals surface area contributed by atoms with E-state index in [1.54, 1.807) is 24.3 Å². The number of hydrogen-bond donors (Lipinski definition) is 1. The smallest absolute Gasteiger partial charge is 0.337 e. The second kappa shape index (κ2) is 12.8. The largest absolute Gasteiger partial charge is 0.490 e. The molecule has 202 valence electrons. The minimum atomic E-state index is -0.617. The lowest BCUT2D eigenvalue weighted by Crippen LogP contribution is -2.13. The van der Waals surface area contributed by atoms with Crippen LogP contribution in [0.1, 0.15) is 34.0 Å². The Morgan fingerprint density at radius 3 is 2.48 bits per heavy atom. The first-order chi connectivity index (χ1) is 19.3. The van der Waals surface area contributed by atoms with Crippen LogP contribution in [0.5, 0.6) is 11.5 Å². The van der Waals surface area contributed by atoms with Crippen LogP contribution in [0.3, 0.4) is 0 Å². The molecule has 0 spiro atoms. The van der Waals surface area contributed by atoms with E-state index in [1.165, 1.54) is 25.3 Å². The topological polar surface area (TPSA) is 97.7 Å². The summed E-state index contributed by atoms with van der Waals surface area (Å²) in [4.78, 5) is 24.4. The van der Waals surface area contributed by atoms with E-state index in [-0.39, 0.29) is 17.2 Å². The van der Waals surface area contributed by atoms with Crippen molar-refractivity contribution in [1.82, 2.24) is 0 Å². The molecule has 4 aromatic rings. The van der Waals surface area contributed by atoms with Crippen LogP contribution in [0.25, 0.3) is 16.8 Å². The first-order valence-electron chi connectivity index (χ1n) is 12.5. The molecule has 0 fully saturated rings. The average Bonchev–Trinajstić information content (AvgIpc) is 2.96. The van der Waals surface area contributed by atoms with Crippen molar-refractivity contribution in [2.45, 2.75) is 20.5 Å². The number of nitrogens with one attached hydrogen (secondary N) is 1. The fraction of sp³-hybridized carbons (Fsp3) is 0.156.